The standard InChI is InChI=1S/C12H22O3/c1-4-7-8-9-12(6-3,10-13)15-11(14)5-2/h10H,4-9H2,1-3H3. The Balaban J connectivity index is 4.29. The average Bonchev–Trinajstić information content (AvgIpc) is 2.27. The Bertz CT molecular complexity index is 201. The molecule has 3 heteroatoms. The normalized spacial score (nSPS) is 14.3. The van der Waals surface area contributed by atoms with Crippen LogP contribution >= 0.6 is 0 Å². The number of rotatable bonds is 8. The lowest BCUT2D eigenvalue weighted by Gasteiger charge is -2.26. The van der Waals surface area contributed by atoms with Crippen molar-refractivity contribution in [1.29, 1.82) is 0 Å². The topological polar surface area (TPSA) is 43.4 Å². The van der Waals surface area contributed by atoms with E-state index in [2.05, 4.69) is 6.92 Å². The molecule has 0 spiro atoms. The van der Waals surface area contributed by atoms with Crippen LogP contribution in [-0.4, -0.2) is 17.9 Å². The maximum atomic E-state index is 11.2. The smallest absolute Gasteiger partial charge is 0.306 e. The second kappa shape index (κ2) is 7.43. The Morgan fingerprint density at radius 2 is 1.93 bits per heavy atom. The Kier molecular flexibility index (Phi) is 7.01. The third-order valence-corrected chi connectivity index (χ3v) is 2.62. The van der Waals surface area contributed by atoms with Gasteiger partial charge >= 0.3 is 5.97 Å². The molecule has 0 aromatic heterocycles. The van der Waals surface area contributed by atoms with Crippen LogP contribution < -0.4 is 0 Å². The van der Waals surface area contributed by atoms with Crippen molar-refractivity contribution in [2.75, 3.05) is 0 Å². The first-order valence-corrected chi connectivity index (χ1v) is 5.82. The minimum atomic E-state index is -0.873. The Morgan fingerprint density at radius 1 is 1.27 bits per heavy atom. The van der Waals surface area contributed by atoms with Crippen LogP contribution in [0.15, 0.2) is 0 Å². The predicted molar refractivity (Wildman–Crippen MR) is 59.6 cm³/mol. The molecule has 0 amide bonds. The molecule has 0 rings (SSSR count). The summed E-state index contributed by atoms with van der Waals surface area (Å²) in [5, 5.41) is 0. The lowest BCUT2D eigenvalue weighted by molar-refractivity contribution is -0.163. The molecular weight excluding hydrogens is 192 g/mol. The molecule has 1 unspecified atom stereocenters. The fourth-order valence-corrected chi connectivity index (χ4v) is 1.44. The van der Waals surface area contributed by atoms with Crippen molar-refractivity contribution in [2.45, 2.75) is 64.9 Å². The summed E-state index contributed by atoms with van der Waals surface area (Å²) in [5.74, 6) is -0.291. The predicted octanol–water partition coefficient (Wildman–Crippen LogP) is 2.87. The maximum Gasteiger partial charge on any atom is 0.306 e. The van der Waals surface area contributed by atoms with Gasteiger partial charge in [0.15, 0.2) is 11.9 Å². The zero-order valence-electron chi connectivity index (χ0n) is 10.0. The van der Waals surface area contributed by atoms with E-state index in [4.69, 9.17) is 4.74 Å². The van der Waals surface area contributed by atoms with E-state index in [1.165, 1.54) is 0 Å². The van der Waals surface area contributed by atoms with E-state index in [-0.39, 0.29) is 5.97 Å². The number of carbonyl (C=O) groups is 2. The highest BCUT2D eigenvalue weighted by atomic mass is 16.6. The van der Waals surface area contributed by atoms with Crippen molar-refractivity contribution < 1.29 is 14.3 Å². The third kappa shape index (κ3) is 4.96. The molecule has 0 aromatic carbocycles. The van der Waals surface area contributed by atoms with E-state index in [9.17, 15) is 9.59 Å². The Hall–Kier alpha value is -0.860. The molecule has 88 valence electrons. The van der Waals surface area contributed by atoms with Gasteiger partial charge < -0.3 is 4.74 Å². The monoisotopic (exact) mass is 214 g/mol. The van der Waals surface area contributed by atoms with E-state index in [1.807, 2.05) is 6.92 Å². The highest BCUT2D eigenvalue weighted by Crippen LogP contribution is 2.22. The Labute approximate surface area is 92.2 Å². The van der Waals surface area contributed by atoms with Crippen molar-refractivity contribution in [1.82, 2.24) is 0 Å². The molecule has 0 aliphatic rings. The van der Waals surface area contributed by atoms with Crippen molar-refractivity contribution in [2.24, 2.45) is 0 Å². The van der Waals surface area contributed by atoms with Crippen molar-refractivity contribution >= 4 is 12.3 Å². The van der Waals surface area contributed by atoms with Gasteiger partial charge in [-0.2, -0.15) is 0 Å². The van der Waals surface area contributed by atoms with Crippen molar-refractivity contribution in [3.05, 3.63) is 0 Å². The molecule has 15 heavy (non-hydrogen) atoms. The highest BCUT2D eigenvalue weighted by molar-refractivity contribution is 5.74. The number of aldehydes is 1. The molecular formula is C12H22O3. The molecule has 0 radical (unpaired) electrons. The number of carbonyl (C=O) groups excluding carboxylic acids is 2. The lowest BCUT2D eigenvalue weighted by Crippen LogP contribution is -2.36. The molecule has 3 nitrogen and oxygen atoms in total. The average molecular weight is 214 g/mol. The molecule has 0 aliphatic carbocycles. The van der Waals surface area contributed by atoms with Gasteiger partial charge in [-0.1, -0.05) is 33.6 Å². The summed E-state index contributed by atoms with van der Waals surface area (Å²) in [4.78, 5) is 22.2. The zero-order valence-corrected chi connectivity index (χ0v) is 10.0. The van der Waals surface area contributed by atoms with E-state index >= 15 is 0 Å². The molecule has 0 N–H and O–H groups in total. The molecule has 0 saturated heterocycles. The number of hydrogen-bond donors (Lipinski definition) is 0. The van der Waals surface area contributed by atoms with Gasteiger partial charge in [0, 0.05) is 6.42 Å². The van der Waals surface area contributed by atoms with Crippen LogP contribution in [-0.2, 0) is 14.3 Å². The van der Waals surface area contributed by atoms with Crippen molar-refractivity contribution in [3.8, 4) is 0 Å². The fourth-order valence-electron chi connectivity index (χ4n) is 1.44. The maximum absolute atomic E-state index is 11.2. The molecule has 0 bridgehead atoms. The lowest BCUT2D eigenvalue weighted by atomic mass is 9.94. The largest absolute Gasteiger partial charge is 0.451 e. The summed E-state index contributed by atoms with van der Waals surface area (Å²) in [6, 6.07) is 0. The van der Waals surface area contributed by atoms with Crippen LogP contribution in [0.2, 0.25) is 0 Å². The summed E-state index contributed by atoms with van der Waals surface area (Å²) in [5.41, 5.74) is -0.873. The summed E-state index contributed by atoms with van der Waals surface area (Å²) in [6.45, 7) is 5.72. The Morgan fingerprint density at radius 3 is 2.33 bits per heavy atom. The van der Waals surface area contributed by atoms with E-state index in [0.29, 0.717) is 19.3 Å². The molecule has 0 aromatic rings. The van der Waals surface area contributed by atoms with Crippen LogP contribution in [0.5, 0.6) is 0 Å². The molecule has 1 atom stereocenters. The molecule has 0 fully saturated rings. The first-order chi connectivity index (χ1) is 7.14. The first-order valence-electron chi connectivity index (χ1n) is 5.82. The van der Waals surface area contributed by atoms with Crippen LogP contribution in [0.4, 0.5) is 0 Å². The minimum Gasteiger partial charge on any atom is -0.451 e. The quantitative estimate of drug-likeness (QED) is 0.354. The number of ether oxygens (including phenoxy) is 1. The van der Waals surface area contributed by atoms with Gasteiger partial charge in [0.25, 0.3) is 0 Å². The molecule has 0 aliphatic heterocycles. The number of hydrogen-bond acceptors (Lipinski definition) is 3. The summed E-state index contributed by atoms with van der Waals surface area (Å²) >= 11 is 0. The minimum absolute atomic E-state index is 0.291. The van der Waals surface area contributed by atoms with E-state index in [0.717, 1.165) is 25.5 Å². The molecule has 0 saturated carbocycles. The second-order valence-corrected chi connectivity index (χ2v) is 3.82. The van der Waals surface area contributed by atoms with Gasteiger partial charge in [-0.15, -0.1) is 0 Å². The summed E-state index contributed by atoms with van der Waals surface area (Å²) in [6.07, 6.45) is 5.41. The van der Waals surface area contributed by atoms with Gasteiger partial charge in [0.1, 0.15) is 0 Å². The van der Waals surface area contributed by atoms with E-state index in [1.54, 1.807) is 6.92 Å². The van der Waals surface area contributed by atoms with Gasteiger partial charge in [-0.25, -0.2) is 0 Å². The van der Waals surface area contributed by atoms with Gasteiger partial charge in [-0.05, 0) is 19.3 Å². The zero-order chi connectivity index (χ0) is 11.7. The summed E-state index contributed by atoms with van der Waals surface area (Å²) in [7, 11) is 0. The van der Waals surface area contributed by atoms with Crippen LogP contribution in [0.1, 0.15) is 59.3 Å². The van der Waals surface area contributed by atoms with Gasteiger partial charge in [0.05, 0.1) is 0 Å². The van der Waals surface area contributed by atoms with E-state index < -0.39 is 5.60 Å². The van der Waals surface area contributed by atoms with Crippen molar-refractivity contribution in [3.63, 3.8) is 0 Å². The first kappa shape index (κ1) is 14.1. The number of esters is 1. The van der Waals surface area contributed by atoms with Crippen LogP contribution in [0.25, 0.3) is 0 Å². The number of unbranched alkanes of at least 4 members (excludes halogenated alkanes) is 2. The third-order valence-electron chi connectivity index (χ3n) is 2.62. The second-order valence-electron chi connectivity index (χ2n) is 3.82. The summed E-state index contributed by atoms with van der Waals surface area (Å²) < 4.78 is 5.23. The van der Waals surface area contributed by atoms with Crippen LogP contribution in [0, 0.1) is 0 Å². The fraction of sp³-hybridized carbons (Fsp3) is 0.833. The molecule has 0 heterocycles. The van der Waals surface area contributed by atoms with Gasteiger partial charge in [0.2, 0.25) is 0 Å². The highest BCUT2D eigenvalue weighted by Gasteiger charge is 2.30. The van der Waals surface area contributed by atoms with Crippen LogP contribution in [0.3, 0.4) is 0 Å². The van der Waals surface area contributed by atoms with Gasteiger partial charge in [-0.3, -0.25) is 9.59 Å². The SMILES string of the molecule is CCCCCC(C=O)(CC)OC(=O)CC.